The number of anilines is 1. The molecule has 1 aliphatic rings. The van der Waals surface area contributed by atoms with Crippen molar-refractivity contribution in [2.24, 2.45) is 0 Å². The number of amides is 3. The van der Waals surface area contributed by atoms with Crippen LogP contribution in [0, 0.1) is 0 Å². The maximum atomic E-state index is 12.7. The number of hydrogen-bond donors (Lipinski definition) is 1. The molecule has 2 heterocycles. The van der Waals surface area contributed by atoms with Crippen molar-refractivity contribution in [1.29, 1.82) is 0 Å². The van der Waals surface area contributed by atoms with E-state index in [1.807, 2.05) is 36.4 Å². The van der Waals surface area contributed by atoms with Crippen LogP contribution in [0.2, 0.25) is 0 Å². The van der Waals surface area contributed by atoms with Crippen molar-refractivity contribution < 1.29 is 9.59 Å². The van der Waals surface area contributed by atoms with Gasteiger partial charge in [0.05, 0.1) is 0 Å². The van der Waals surface area contributed by atoms with Crippen LogP contribution in [-0.2, 0) is 17.8 Å². The second-order valence-corrected chi connectivity index (χ2v) is 6.25. The first-order valence-corrected chi connectivity index (χ1v) is 8.36. The lowest BCUT2D eigenvalue weighted by atomic mass is 10.2. The lowest BCUT2D eigenvalue weighted by Crippen LogP contribution is -2.49. The number of carbonyl (C=O) groups is 2. The summed E-state index contributed by atoms with van der Waals surface area (Å²) >= 11 is 0. The average molecular weight is 338 g/mol. The summed E-state index contributed by atoms with van der Waals surface area (Å²) in [6.07, 6.45) is 4.24. The Labute approximate surface area is 147 Å². The van der Waals surface area contributed by atoms with E-state index in [2.05, 4.69) is 10.3 Å². The number of fused-ring (bicyclic) bond motifs is 1. The maximum Gasteiger partial charge on any atom is 0.318 e. The van der Waals surface area contributed by atoms with Gasteiger partial charge in [0.25, 0.3) is 0 Å². The number of carbonyl (C=O) groups excluding carboxylic acids is 2. The molecule has 6 heteroatoms. The third-order valence-electron chi connectivity index (χ3n) is 4.38. The van der Waals surface area contributed by atoms with E-state index in [0.29, 0.717) is 13.1 Å². The molecule has 1 aliphatic heterocycles. The van der Waals surface area contributed by atoms with Crippen molar-refractivity contribution in [1.82, 2.24) is 15.2 Å². The monoisotopic (exact) mass is 338 g/mol. The highest BCUT2D eigenvalue weighted by molar-refractivity contribution is 6.00. The van der Waals surface area contributed by atoms with Crippen molar-refractivity contribution in [2.75, 3.05) is 18.5 Å². The maximum absolute atomic E-state index is 12.7. The van der Waals surface area contributed by atoms with Gasteiger partial charge in [-0.15, -0.1) is 0 Å². The lowest BCUT2D eigenvalue weighted by Gasteiger charge is -2.25. The molecule has 0 saturated carbocycles. The highest BCUT2D eigenvalue weighted by atomic mass is 16.2. The molecule has 25 heavy (non-hydrogen) atoms. The first kappa shape index (κ1) is 17.0. The van der Waals surface area contributed by atoms with Gasteiger partial charge in [0.15, 0.2) is 0 Å². The molecule has 0 bridgehead atoms. The van der Waals surface area contributed by atoms with E-state index in [1.165, 1.54) is 5.56 Å². The van der Waals surface area contributed by atoms with Crippen LogP contribution in [0.3, 0.4) is 0 Å². The number of pyridine rings is 1. The van der Waals surface area contributed by atoms with Gasteiger partial charge in [0.2, 0.25) is 5.91 Å². The largest absolute Gasteiger partial charge is 0.326 e. The van der Waals surface area contributed by atoms with Gasteiger partial charge < -0.3 is 15.1 Å². The van der Waals surface area contributed by atoms with Crippen LogP contribution in [0.4, 0.5) is 10.5 Å². The van der Waals surface area contributed by atoms with Gasteiger partial charge in [-0.05, 0) is 42.7 Å². The Morgan fingerprint density at radius 3 is 2.72 bits per heavy atom. The summed E-state index contributed by atoms with van der Waals surface area (Å²) in [6, 6.07) is 10.8. The molecule has 0 radical (unpaired) electrons. The van der Waals surface area contributed by atoms with Crippen LogP contribution >= 0.6 is 0 Å². The van der Waals surface area contributed by atoms with E-state index in [-0.39, 0.29) is 11.9 Å². The molecule has 1 aromatic heterocycles. The lowest BCUT2D eigenvalue weighted by molar-refractivity contribution is -0.119. The second-order valence-electron chi connectivity index (χ2n) is 6.25. The molecular weight excluding hydrogens is 316 g/mol. The van der Waals surface area contributed by atoms with Gasteiger partial charge in [-0.1, -0.05) is 18.2 Å². The number of nitrogens with zero attached hydrogens (tertiary/aromatic N) is 3. The minimum absolute atomic E-state index is 0.0874. The number of benzene rings is 1. The predicted molar refractivity (Wildman–Crippen MR) is 96.2 cm³/mol. The first-order valence-electron chi connectivity index (χ1n) is 8.36. The van der Waals surface area contributed by atoms with Crippen molar-refractivity contribution in [3.63, 3.8) is 0 Å². The molecular formula is C19H22N4O2. The predicted octanol–water partition coefficient (Wildman–Crippen LogP) is 2.20. The number of aromatic nitrogens is 1. The highest BCUT2D eigenvalue weighted by Gasteiger charge is 2.28. The molecule has 1 atom stereocenters. The third-order valence-corrected chi connectivity index (χ3v) is 4.38. The smallest absolute Gasteiger partial charge is 0.318 e. The Bertz CT molecular complexity index is 763. The zero-order chi connectivity index (χ0) is 17.8. The molecule has 6 nitrogen and oxygen atoms in total. The normalized spacial score (nSPS) is 13.9. The van der Waals surface area contributed by atoms with Crippen LogP contribution in [0.15, 0.2) is 48.8 Å². The van der Waals surface area contributed by atoms with E-state index >= 15 is 0 Å². The summed E-state index contributed by atoms with van der Waals surface area (Å²) in [6.45, 7) is 2.84. The van der Waals surface area contributed by atoms with Crippen molar-refractivity contribution in [3.05, 3.63) is 59.9 Å². The summed E-state index contributed by atoms with van der Waals surface area (Å²) in [5, 5.41) is 2.79. The minimum atomic E-state index is -0.585. The molecule has 0 aliphatic carbocycles. The van der Waals surface area contributed by atoms with E-state index in [9.17, 15) is 9.59 Å². The van der Waals surface area contributed by atoms with Crippen molar-refractivity contribution >= 4 is 17.6 Å². The molecule has 0 unspecified atom stereocenters. The highest BCUT2D eigenvalue weighted by Crippen LogP contribution is 2.27. The van der Waals surface area contributed by atoms with Crippen LogP contribution in [0.1, 0.15) is 18.1 Å². The molecule has 0 fully saturated rings. The summed E-state index contributed by atoms with van der Waals surface area (Å²) in [7, 11) is 1.71. The van der Waals surface area contributed by atoms with Crippen LogP contribution < -0.4 is 10.2 Å². The Morgan fingerprint density at radius 2 is 1.96 bits per heavy atom. The van der Waals surface area contributed by atoms with Crippen LogP contribution in [0.25, 0.3) is 0 Å². The minimum Gasteiger partial charge on any atom is -0.326 e. The zero-order valence-corrected chi connectivity index (χ0v) is 14.5. The Hall–Kier alpha value is -2.89. The van der Waals surface area contributed by atoms with Gasteiger partial charge in [0, 0.05) is 38.2 Å². The SMILES string of the molecule is C[C@H](NC(=O)N(C)Cc1ccncc1)C(=O)N1CCc2ccccc21. The van der Waals surface area contributed by atoms with Gasteiger partial charge in [-0.2, -0.15) is 0 Å². The molecule has 3 rings (SSSR count). The number of rotatable bonds is 4. The summed E-state index contributed by atoms with van der Waals surface area (Å²) < 4.78 is 0. The Morgan fingerprint density at radius 1 is 1.24 bits per heavy atom. The fourth-order valence-corrected chi connectivity index (χ4v) is 2.99. The standard InChI is InChI=1S/C19H22N4O2/c1-14(18(24)23-12-9-16-5-3-4-6-17(16)23)21-19(25)22(2)13-15-7-10-20-11-8-15/h3-8,10-11,14H,9,12-13H2,1-2H3,(H,21,25)/t14-/m0/s1. The van der Waals surface area contributed by atoms with Crippen molar-refractivity contribution in [3.8, 4) is 0 Å². The summed E-state index contributed by atoms with van der Waals surface area (Å²) in [5.41, 5.74) is 3.10. The second kappa shape index (κ2) is 7.34. The van der Waals surface area contributed by atoms with E-state index in [0.717, 1.165) is 17.7 Å². The zero-order valence-electron chi connectivity index (χ0n) is 14.5. The average Bonchev–Trinajstić information content (AvgIpc) is 3.05. The molecule has 0 spiro atoms. The van der Waals surface area contributed by atoms with Crippen LogP contribution in [0.5, 0.6) is 0 Å². The molecule has 2 aromatic rings. The molecule has 1 aromatic carbocycles. The van der Waals surface area contributed by atoms with E-state index < -0.39 is 6.04 Å². The van der Waals surface area contributed by atoms with Crippen LogP contribution in [-0.4, -0.2) is 41.5 Å². The number of para-hydroxylation sites is 1. The number of hydrogen-bond acceptors (Lipinski definition) is 3. The van der Waals surface area contributed by atoms with E-state index in [4.69, 9.17) is 0 Å². The Kier molecular flexibility index (Phi) is 4.97. The number of urea groups is 1. The fourth-order valence-electron chi connectivity index (χ4n) is 2.99. The quantitative estimate of drug-likeness (QED) is 0.929. The van der Waals surface area contributed by atoms with Gasteiger partial charge in [0.1, 0.15) is 6.04 Å². The molecule has 3 amide bonds. The summed E-state index contributed by atoms with van der Waals surface area (Å²) in [4.78, 5) is 32.3. The van der Waals surface area contributed by atoms with E-state index in [1.54, 1.807) is 36.2 Å². The molecule has 0 saturated heterocycles. The van der Waals surface area contributed by atoms with Crippen molar-refractivity contribution in [2.45, 2.75) is 25.9 Å². The first-order chi connectivity index (χ1) is 12.1. The van der Waals surface area contributed by atoms with Gasteiger partial charge in [-0.3, -0.25) is 9.78 Å². The fraction of sp³-hybridized carbons (Fsp3) is 0.316. The van der Waals surface area contributed by atoms with Gasteiger partial charge in [-0.25, -0.2) is 4.79 Å². The summed E-state index contributed by atoms with van der Waals surface area (Å²) in [5.74, 6) is -0.0874. The van der Waals surface area contributed by atoms with Gasteiger partial charge >= 0.3 is 6.03 Å². The third kappa shape index (κ3) is 3.79. The topological polar surface area (TPSA) is 65.5 Å². The molecule has 1 N–H and O–H groups in total. The Balaban J connectivity index is 1.59. The number of nitrogens with one attached hydrogen (secondary N) is 1. The molecule has 130 valence electrons.